The van der Waals surface area contributed by atoms with Crippen molar-refractivity contribution in [1.29, 1.82) is 0 Å². The SMILES string of the molecule is CC(C)N[C@H]1CCN(C2CC3CCC(C2)O3)C[C@H]1F. The Kier molecular flexibility index (Phi) is 4.11. The number of hydrogen-bond acceptors (Lipinski definition) is 3. The van der Waals surface area contributed by atoms with E-state index >= 15 is 0 Å². The van der Waals surface area contributed by atoms with Gasteiger partial charge in [-0.05, 0) is 32.1 Å². The van der Waals surface area contributed by atoms with Crippen LogP contribution in [-0.2, 0) is 4.74 Å². The maximum atomic E-state index is 14.3. The molecule has 1 N–H and O–H groups in total. The molecule has 0 saturated carbocycles. The molecule has 3 heterocycles. The van der Waals surface area contributed by atoms with Crippen LogP contribution in [0, 0.1) is 0 Å². The fourth-order valence-electron chi connectivity index (χ4n) is 4.00. The molecule has 3 aliphatic heterocycles. The highest BCUT2D eigenvalue weighted by molar-refractivity contribution is 4.94. The van der Waals surface area contributed by atoms with E-state index in [0.29, 0.717) is 30.8 Å². The Morgan fingerprint density at radius 3 is 2.42 bits per heavy atom. The van der Waals surface area contributed by atoms with Gasteiger partial charge in [0.2, 0.25) is 0 Å². The maximum absolute atomic E-state index is 14.3. The Hall–Kier alpha value is -0.190. The van der Waals surface area contributed by atoms with Gasteiger partial charge in [0.1, 0.15) is 6.17 Å². The number of rotatable bonds is 3. The van der Waals surface area contributed by atoms with Crippen LogP contribution in [0.4, 0.5) is 4.39 Å². The van der Waals surface area contributed by atoms with Crippen LogP contribution < -0.4 is 5.32 Å². The van der Waals surface area contributed by atoms with E-state index in [1.54, 1.807) is 0 Å². The number of ether oxygens (including phenoxy) is 1. The lowest BCUT2D eigenvalue weighted by molar-refractivity contribution is -0.0491. The van der Waals surface area contributed by atoms with Gasteiger partial charge >= 0.3 is 0 Å². The monoisotopic (exact) mass is 270 g/mol. The third-order valence-electron chi connectivity index (χ3n) is 4.90. The Labute approximate surface area is 115 Å². The highest BCUT2D eigenvalue weighted by Crippen LogP contribution is 2.35. The summed E-state index contributed by atoms with van der Waals surface area (Å²) in [6, 6.07) is 0.978. The van der Waals surface area contributed by atoms with Crippen molar-refractivity contribution in [1.82, 2.24) is 10.2 Å². The van der Waals surface area contributed by atoms with Crippen molar-refractivity contribution < 1.29 is 9.13 Å². The van der Waals surface area contributed by atoms with E-state index in [-0.39, 0.29) is 6.04 Å². The van der Waals surface area contributed by atoms with Crippen LogP contribution in [0.3, 0.4) is 0 Å². The molecule has 0 aliphatic carbocycles. The van der Waals surface area contributed by atoms with Crippen LogP contribution in [0.15, 0.2) is 0 Å². The van der Waals surface area contributed by atoms with E-state index in [9.17, 15) is 4.39 Å². The molecule has 0 radical (unpaired) electrons. The Morgan fingerprint density at radius 1 is 1.16 bits per heavy atom. The fourth-order valence-corrected chi connectivity index (χ4v) is 4.00. The van der Waals surface area contributed by atoms with E-state index < -0.39 is 6.17 Å². The van der Waals surface area contributed by atoms with Gasteiger partial charge in [0.05, 0.1) is 12.2 Å². The second-order valence-corrected chi connectivity index (χ2v) is 6.81. The predicted molar refractivity (Wildman–Crippen MR) is 74.1 cm³/mol. The van der Waals surface area contributed by atoms with Crippen molar-refractivity contribution in [2.75, 3.05) is 13.1 Å². The molecule has 0 spiro atoms. The standard InChI is InChI=1S/C15H27FN2O/c1-10(2)17-15-5-6-18(9-14(15)16)11-7-12-3-4-13(8-11)19-12/h10-15,17H,3-9H2,1-2H3/t11?,12?,13?,14-,15+/m1/s1. The van der Waals surface area contributed by atoms with E-state index in [2.05, 4.69) is 24.1 Å². The second kappa shape index (κ2) is 5.66. The number of nitrogens with one attached hydrogen (secondary N) is 1. The first kappa shape index (κ1) is 13.8. The number of fused-ring (bicyclic) bond motifs is 2. The number of likely N-dealkylation sites (tertiary alicyclic amines) is 1. The third-order valence-corrected chi connectivity index (χ3v) is 4.90. The minimum Gasteiger partial charge on any atom is -0.375 e. The lowest BCUT2D eigenvalue weighted by atomic mass is 9.96. The molecule has 0 aromatic heterocycles. The van der Waals surface area contributed by atoms with Crippen LogP contribution in [0.2, 0.25) is 0 Å². The molecule has 4 heteroatoms. The molecule has 3 rings (SSSR count). The first-order valence-electron chi connectivity index (χ1n) is 7.91. The first-order valence-corrected chi connectivity index (χ1v) is 7.91. The van der Waals surface area contributed by atoms with E-state index in [1.165, 1.54) is 12.8 Å². The molecule has 2 bridgehead atoms. The van der Waals surface area contributed by atoms with Gasteiger partial charge in [0, 0.05) is 31.2 Å². The summed E-state index contributed by atoms with van der Waals surface area (Å²) in [7, 11) is 0. The molecule has 3 aliphatic rings. The smallest absolute Gasteiger partial charge is 0.128 e. The second-order valence-electron chi connectivity index (χ2n) is 6.81. The summed E-state index contributed by atoms with van der Waals surface area (Å²) < 4.78 is 20.2. The van der Waals surface area contributed by atoms with Gasteiger partial charge in [0.15, 0.2) is 0 Å². The molecular weight excluding hydrogens is 243 g/mol. The van der Waals surface area contributed by atoms with E-state index in [4.69, 9.17) is 4.74 Å². The number of piperidine rings is 1. The zero-order chi connectivity index (χ0) is 13.4. The van der Waals surface area contributed by atoms with Gasteiger partial charge in [0.25, 0.3) is 0 Å². The molecule has 0 amide bonds. The van der Waals surface area contributed by atoms with Crippen LogP contribution >= 0.6 is 0 Å². The Bertz CT molecular complexity index is 301. The number of alkyl halides is 1. The topological polar surface area (TPSA) is 24.5 Å². The zero-order valence-electron chi connectivity index (χ0n) is 12.1. The summed E-state index contributed by atoms with van der Waals surface area (Å²) in [5.74, 6) is 0. The quantitative estimate of drug-likeness (QED) is 0.850. The first-order chi connectivity index (χ1) is 9.11. The summed E-state index contributed by atoms with van der Waals surface area (Å²) in [5, 5.41) is 3.36. The van der Waals surface area contributed by atoms with Crippen molar-refractivity contribution >= 4 is 0 Å². The molecule has 0 aromatic rings. The van der Waals surface area contributed by atoms with Crippen molar-refractivity contribution in [2.24, 2.45) is 0 Å². The van der Waals surface area contributed by atoms with Crippen LogP contribution in [0.25, 0.3) is 0 Å². The van der Waals surface area contributed by atoms with Gasteiger partial charge < -0.3 is 10.1 Å². The normalized spacial score (nSPS) is 43.9. The number of nitrogens with zero attached hydrogens (tertiary/aromatic N) is 1. The summed E-state index contributed by atoms with van der Waals surface area (Å²) in [4.78, 5) is 2.39. The van der Waals surface area contributed by atoms with Gasteiger partial charge in [-0.15, -0.1) is 0 Å². The number of halogens is 1. The minimum atomic E-state index is -0.725. The lowest BCUT2D eigenvalue weighted by Crippen LogP contribution is -2.56. The Morgan fingerprint density at radius 2 is 1.84 bits per heavy atom. The van der Waals surface area contributed by atoms with Crippen molar-refractivity contribution in [3.05, 3.63) is 0 Å². The molecule has 3 fully saturated rings. The summed E-state index contributed by atoms with van der Waals surface area (Å²) >= 11 is 0. The van der Waals surface area contributed by atoms with Gasteiger partial charge in [-0.2, -0.15) is 0 Å². The van der Waals surface area contributed by atoms with Crippen molar-refractivity contribution in [3.8, 4) is 0 Å². The van der Waals surface area contributed by atoms with Crippen molar-refractivity contribution in [2.45, 2.75) is 82.5 Å². The summed E-state index contributed by atoms with van der Waals surface area (Å²) in [5.41, 5.74) is 0. The summed E-state index contributed by atoms with van der Waals surface area (Å²) in [6.45, 7) is 5.83. The number of hydrogen-bond donors (Lipinski definition) is 1. The predicted octanol–water partition coefficient (Wildman–Crippen LogP) is 2.11. The van der Waals surface area contributed by atoms with Crippen LogP contribution in [0.1, 0.15) is 46.0 Å². The van der Waals surface area contributed by atoms with Crippen LogP contribution in [0.5, 0.6) is 0 Å². The van der Waals surface area contributed by atoms with E-state index in [1.807, 2.05) is 0 Å². The average molecular weight is 270 g/mol. The van der Waals surface area contributed by atoms with Crippen molar-refractivity contribution in [3.63, 3.8) is 0 Å². The maximum Gasteiger partial charge on any atom is 0.128 e. The zero-order valence-corrected chi connectivity index (χ0v) is 12.1. The molecule has 3 saturated heterocycles. The van der Waals surface area contributed by atoms with E-state index in [0.717, 1.165) is 25.8 Å². The fraction of sp³-hybridized carbons (Fsp3) is 1.00. The summed E-state index contributed by atoms with van der Waals surface area (Å²) in [6.07, 6.45) is 5.78. The molecule has 4 atom stereocenters. The lowest BCUT2D eigenvalue weighted by Gasteiger charge is -2.43. The minimum absolute atomic E-state index is 0.0489. The van der Waals surface area contributed by atoms with Crippen LogP contribution in [-0.4, -0.2) is 54.5 Å². The molecule has 0 aromatic carbocycles. The largest absolute Gasteiger partial charge is 0.375 e. The molecular formula is C15H27FN2O. The Balaban J connectivity index is 1.54. The average Bonchev–Trinajstić information content (AvgIpc) is 2.70. The van der Waals surface area contributed by atoms with Gasteiger partial charge in [-0.3, -0.25) is 4.90 Å². The molecule has 110 valence electrons. The molecule has 2 unspecified atom stereocenters. The molecule has 3 nitrogen and oxygen atoms in total. The van der Waals surface area contributed by atoms with Gasteiger partial charge in [-0.1, -0.05) is 13.8 Å². The van der Waals surface area contributed by atoms with Gasteiger partial charge in [-0.25, -0.2) is 4.39 Å². The highest BCUT2D eigenvalue weighted by Gasteiger charge is 2.40. The third kappa shape index (κ3) is 3.11. The highest BCUT2D eigenvalue weighted by atomic mass is 19.1. The molecule has 19 heavy (non-hydrogen) atoms.